The largest absolute Gasteiger partial charge is 0.446 e. The molecule has 3 N–H and O–H groups in total. The number of hydrogen-bond acceptors (Lipinski definition) is 5. The van der Waals surface area contributed by atoms with E-state index >= 15 is 0 Å². The topological polar surface area (TPSA) is 97.6 Å². The highest BCUT2D eigenvalue weighted by atomic mass is 79.9. The monoisotopic (exact) mass is 388 g/mol. The zero-order valence-corrected chi connectivity index (χ0v) is 13.9. The zero-order chi connectivity index (χ0) is 15.9. The number of aromatic nitrogens is 1. The molecule has 2 aliphatic rings. The maximum atomic E-state index is 12.1. The summed E-state index contributed by atoms with van der Waals surface area (Å²) in [5.74, 6) is 0.432. The van der Waals surface area contributed by atoms with E-state index in [0.29, 0.717) is 53.5 Å². The summed E-state index contributed by atoms with van der Waals surface area (Å²) in [7, 11) is 0. The summed E-state index contributed by atoms with van der Waals surface area (Å²) in [4.78, 5) is 29.2. The number of nitrogens with two attached hydrogens (primary N) is 1. The Morgan fingerprint density at radius 2 is 2.14 bits per heavy atom. The zero-order valence-electron chi connectivity index (χ0n) is 11.6. The molecule has 2 aliphatic heterocycles. The van der Waals surface area contributed by atoms with Gasteiger partial charge in [0, 0.05) is 38.0 Å². The number of pyridine rings is 1. The first-order valence-corrected chi connectivity index (χ1v) is 8.01. The Morgan fingerprint density at radius 3 is 2.77 bits per heavy atom. The van der Waals surface area contributed by atoms with Gasteiger partial charge >= 0.3 is 6.09 Å². The van der Waals surface area contributed by atoms with Crippen LogP contribution in [-0.4, -0.2) is 36.2 Å². The van der Waals surface area contributed by atoms with Crippen LogP contribution < -0.4 is 16.0 Å². The molecule has 1 fully saturated rings. The van der Waals surface area contributed by atoms with Gasteiger partial charge in [-0.15, -0.1) is 0 Å². The molecule has 0 bridgehead atoms. The lowest BCUT2D eigenvalue weighted by Gasteiger charge is -2.33. The lowest BCUT2D eigenvalue weighted by Crippen LogP contribution is -2.39. The van der Waals surface area contributed by atoms with E-state index in [0.717, 1.165) is 5.56 Å². The number of anilines is 1. The van der Waals surface area contributed by atoms with Gasteiger partial charge in [0.05, 0.1) is 10.0 Å². The van der Waals surface area contributed by atoms with Gasteiger partial charge in [0.2, 0.25) is 0 Å². The highest BCUT2D eigenvalue weighted by Crippen LogP contribution is 2.36. The van der Waals surface area contributed by atoms with Crippen molar-refractivity contribution in [2.45, 2.75) is 25.5 Å². The summed E-state index contributed by atoms with van der Waals surface area (Å²) in [6, 6.07) is 0. The van der Waals surface area contributed by atoms with Crippen LogP contribution in [-0.2, 0) is 11.3 Å². The highest BCUT2D eigenvalue weighted by molar-refractivity contribution is 9.10. The van der Waals surface area contributed by atoms with Crippen LogP contribution in [0.2, 0.25) is 5.15 Å². The van der Waals surface area contributed by atoms with E-state index < -0.39 is 6.09 Å². The smallest absolute Gasteiger partial charge is 0.404 e. The van der Waals surface area contributed by atoms with Crippen LogP contribution in [0.25, 0.3) is 0 Å². The van der Waals surface area contributed by atoms with Crippen molar-refractivity contribution in [3.63, 3.8) is 0 Å². The van der Waals surface area contributed by atoms with E-state index in [1.54, 1.807) is 0 Å². The molecule has 0 spiro atoms. The van der Waals surface area contributed by atoms with Crippen molar-refractivity contribution in [1.29, 1.82) is 0 Å². The van der Waals surface area contributed by atoms with Crippen molar-refractivity contribution in [2.75, 3.05) is 18.0 Å². The molecule has 22 heavy (non-hydrogen) atoms. The summed E-state index contributed by atoms with van der Waals surface area (Å²) >= 11 is 9.53. The minimum Gasteiger partial charge on any atom is -0.446 e. The number of hydrogen-bond donors (Lipinski definition) is 2. The molecule has 7 nitrogen and oxygen atoms in total. The number of rotatable bonds is 2. The van der Waals surface area contributed by atoms with Gasteiger partial charge < -0.3 is 20.7 Å². The van der Waals surface area contributed by atoms with Gasteiger partial charge in [-0.1, -0.05) is 11.6 Å². The lowest BCUT2D eigenvalue weighted by atomic mass is 10.1. The van der Waals surface area contributed by atoms with E-state index in [1.807, 2.05) is 4.90 Å². The van der Waals surface area contributed by atoms with Gasteiger partial charge in [0.25, 0.3) is 5.91 Å². The van der Waals surface area contributed by atoms with Gasteiger partial charge in [-0.05, 0) is 15.9 Å². The number of amides is 2. The van der Waals surface area contributed by atoms with Crippen LogP contribution in [0.4, 0.5) is 10.6 Å². The summed E-state index contributed by atoms with van der Waals surface area (Å²) in [6.07, 6.45) is 0.314. The molecular weight excluding hydrogens is 376 g/mol. The average molecular weight is 390 g/mol. The molecule has 0 radical (unpaired) electrons. The third kappa shape index (κ3) is 2.72. The number of nitrogens with one attached hydrogen (secondary N) is 1. The van der Waals surface area contributed by atoms with Gasteiger partial charge in [0.1, 0.15) is 17.1 Å². The molecule has 1 aromatic heterocycles. The third-order valence-electron chi connectivity index (χ3n) is 3.85. The number of piperidine rings is 1. The van der Waals surface area contributed by atoms with E-state index in [9.17, 15) is 9.59 Å². The van der Waals surface area contributed by atoms with Crippen molar-refractivity contribution in [2.24, 2.45) is 5.73 Å². The van der Waals surface area contributed by atoms with E-state index in [2.05, 4.69) is 26.2 Å². The molecule has 2 amide bonds. The summed E-state index contributed by atoms with van der Waals surface area (Å²) < 4.78 is 5.66. The Bertz CT molecular complexity index is 647. The number of ether oxygens (including phenoxy) is 1. The van der Waals surface area contributed by atoms with Crippen LogP contribution in [0.5, 0.6) is 0 Å². The summed E-state index contributed by atoms with van der Waals surface area (Å²) in [6.45, 7) is 1.66. The normalized spacial score (nSPS) is 18.1. The van der Waals surface area contributed by atoms with Gasteiger partial charge in [-0.25, -0.2) is 9.78 Å². The van der Waals surface area contributed by atoms with Crippen molar-refractivity contribution in [3.8, 4) is 0 Å². The molecular formula is C13H14BrClN4O3. The Labute approximate surface area is 140 Å². The van der Waals surface area contributed by atoms with E-state index in [1.165, 1.54) is 0 Å². The van der Waals surface area contributed by atoms with Crippen LogP contribution in [0, 0.1) is 0 Å². The molecule has 0 aliphatic carbocycles. The molecule has 0 aromatic carbocycles. The van der Waals surface area contributed by atoms with Crippen molar-refractivity contribution >= 4 is 45.3 Å². The molecule has 9 heteroatoms. The van der Waals surface area contributed by atoms with Gasteiger partial charge in [-0.2, -0.15) is 0 Å². The van der Waals surface area contributed by atoms with Crippen molar-refractivity contribution < 1.29 is 14.3 Å². The average Bonchev–Trinajstić information content (AvgIpc) is 2.86. The molecule has 0 saturated carbocycles. The molecule has 0 unspecified atom stereocenters. The van der Waals surface area contributed by atoms with Crippen molar-refractivity contribution in [3.05, 3.63) is 20.8 Å². The summed E-state index contributed by atoms with van der Waals surface area (Å²) in [5, 5.41) is 3.12. The highest BCUT2D eigenvalue weighted by Gasteiger charge is 2.32. The second kappa shape index (κ2) is 5.92. The number of fused-ring (bicyclic) bond motifs is 1. The quantitative estimate of drug-likeness (QED) is 0.752. The first-order valence-electron chi connectivity index (χ1n) is 6.84. The lowest BCUT2D eigenvalue weighted by molar-refractivity contribution is 0.0911. The third-order valence-corrected chi connectivity index (χ3v) is 5.21. The maximum absolute atomic E-state index is 12.1. The fourth-order valence-electron chi connectivity index (χ4n) is 2.81. The molecule has 3 heterocycles. The SMILES string of the molecule is NC(=O)OC1CCN(c2nc(Cl)c(Br)c3c2C(=O)NC3)CC1. The molecule has 1 aromatic rings. The molecule has 0 atom stereocenters. The standard InChI is InChI=1S/C13H14BrClN4O3/c14-9-7-5-17-12(20)8(7)11(18-10(9)15)19-3-1-6(2-4-19)22-13(16)21/h6H,1-5H2,(H2,16,21)(H,17,20). The minimum absolute atomic E-state index is 0.148. The van der Waals surface area contributed by atoms with Gasteiger partial charge in [-0.3, -0.25) is 4.79 Å². The number of primary amides is 1. The fourth-order valence-corrected chi connectivity index (χ4v) is 3.43. The molecule has 1 saturated heterocycles. The van der Waals surface area contributed by atoms with E-state index in [4.69, 9.17) is 22.1 Å². The fraction of sp³-hybridized carbons (Fsp3) is 0.462. The van der Waals surface area contributed by atoms with Crippen LogP contribution >= 0.6 is 27.5 Å². The predicted octanol–water partition coefficient (Wildman–Crippen LogP) is 1.81. The number of carbonyl (C=O) groups excluding carboxylic acids is 2. The van der Waals surface area contributed by atoms with Crippen LogP contribution in [0.1, 0.15) is 28.8 Å². The Hall–Kier alpha value is -1.54. The van der Waals surface area contributed by atoms with Crippen molar-refractivity contribution in [1.82, 2.24) is 10.3 Å². The second-order valence-corrected chi connectivity index (χ2v) is 6.35. The first kappa shape index (κ1) is 15.4. The molecule has 3 rings (SSSR count). The Morgan fingerprint density at radius 1 is 1.45 bits per heavy atom. The number of nitrogens with zero attached hydrogens (tertiary/aromatic N) is 2. The van der Waals surface area contributed by atoms with E-state index in [-0.39, 0.29) is 12.0 Å². The Balaban J connectivity index is 1.85. The maximum Gasteiger partial charge on any atom is 0.404 e. The first-order chi connectivity index (χ1) is 10.5. The molecule has 118 valence electrons. The second-order valence-electron chi connectivity index (χ2n) is 5.20. The van der Waals surface area contributed by atoms with Gasteiger partial charge in [0.15, 0.2) is 0 Å². The predicted molar refractivity (Wildman–Crippen MR) is 84.0 cm³/mol. The number of halogens is 2. The summed E-state index contributed by atoms with van der Waals surface area (Å²) in [5.41, 5.74) is 6.42. The number of carbonyl (C=O) groups is 2. The van der Waals surface area contributed by atoms with Crippen LogP contribution in [0.3, 0.4) is 0 Å². The minimum atomic E-state index is -0.761. The van der Waals surface area contributed by atoms with Crippen LogP contribution in [0.15, 0.2) is 4.47 Å². The Kier molecular flexibility index (Phi) is 4.14.